The second-order valence-corrected chi connectivity index (χ2v) is 15.5. The number of hydrogen-bond acceptors (Lipinski definition) is 4. The summed E-state index contributed by atoms with van der Waals surface area (Å²) in [7, 11) is 0. The second-order valence-electron chi connectivity index (χ2n) is 15.5. The molecule has 1 radical (unpaired) electrons. The Balaban J connectivity index is 0.000000279. The summed E-state index contributed by atoms with van der Waals surface area (Å²) in [5.41, 5.74) is 7.47. The fourth-order valence-electron chi connectivity index (χ4n) is 7.38. The van der Waals surface area contributed by atoms with Crippen molar-refractivity contribution in [1.82, 2.24) is 9.97 Å². The maximum absolute atomic E-state index is 12.2. The molecule has 0 saturated carbocycles. The van der Waals surface area contributed by atoms with Crippen LogP contribution in [0.2, 0.25) is 0 Å². The maximum Gasteiger partial charge on any atom is 0.164 e. The zero-order chi connectivity index (χ0) is 36.6. The molecule has 1 aliphatic rings. The Bertz CT molecular complexity index is 2080. The predicted octanol–water partition coefficient (Wildman–Crippen LogP) is 12.6. The summed E-state index contributed by atoms with van der Waals surface area (Å²) >= 11 is 0. The van der Waals surface area contributed by atoms with E-state index in [0.717, 1.165) is 48.5 Å². The van der Waals surface area contributed by atoms with Gasteiger partial charge in [0.1, 0.15) is 11.6 Å². The summed E-state index contributed by atoms with van der Waals surface area (Å²) in [4.78, 5) is 22.1. The molecule has 0 saturated heterocycles. The van der Waals surface area contributed by atoms with Gasteiger partial charge in [0.15, 0.2) is 5.78 Å². The third-order valence-corrected chi connectivity index (χ3v) is 11.8. The van der Waals surface area contributed by atoms with E-state index in [2.05, 4.69) is 100 Å². The molecule has 0 atom stereocenters. The minimum atomic E-state index is -0.337. The summed E-state index contributed by atoms with van der Waals surface area (Å²) in [6.07, 6.45) is 4.75. The first kappa shape index (κ1) is 40.1. The normalized spacial score (nSPS) is 13.8. The number of aromatic nitrogens is 2. The summed E-state index contributed by atoms with van der Waals surface area (Å²) in [5.74, 6) is 1.56. The number of allylic oxidation sites excluding steroid dienone is 2. The Morgan fingerprint density at radius 1 is 0.824 bits per heavy atom. The molecule has 0 spiro atoms. The fraction of sp³-hybridized carbons (Fsp3) is 0.413. The van der Waals surface area contributed by atoms with Crippen LogP contribution in [0.5, 0.6) is 0 Å². The van der Waals surface area contributed by atoms with Gasteiger partial charge in [-0.2, -0.15) is 0 Å². The topological polar surface area (TPSA) is 63.1 Å². The summed E-state index contributed by atoms with van der Waals surface area (Å²) < 4.78 is 0. The molecule has 1 aromatic heterocycles. The molecule has 4 nitrogen and oxygen atoms in total. The van der Waals surface area contributed by atoms with E-state index in [1.165, 1.54) is 49.9 Å². The van der Waals surface area contributed by atoms with Crippen LogP contribution in [0.4, 0.5) is 0 Å². The Hall–Kier alpha value is -3.66. The number of carbonyl (C=O) groups is 1. The SMILES string of the molecule is CCC(C)(CC)C(=O)/C=C(\O)C(C)(CC)CC.Cc1nc(-c2[c-]cc3ccccc3c2)c2c(n1)-c1ccc3c(C(C)C)cccc3c1C2(C)C.[Ir]. The number of rotatable bonds is 9. The number of hydrogen-bond donors (Lipinski definition) is 1. The van der Waals surface area contributed by atoms with Gasteiger partial charge in [-0.3, -0.25) is 9.78 Å². The van der Waals surface area contributed by atoms with E-state index in [4.69, 9.17) is 9.97 Å². The van der Waals surface area contributed by atoms with Gasteiger partial charge >= 0.3 is 0 Å². The number of ketones is 1. The van der Waals surface area contributed by atoms with Crippen molar-refractivity contribution in [3.05, 3.63) is 107 Å². The molecule has 51 heavy (non-hydrogen) atoms. The van der Waals surface area contributed by atoms with Crippen molar-refractivity contribution < 1.29 is 30.0 Å². The minimum absolute atomic E-state index is 0. The average molecular weight is 860 g/mol. The Labute approximate surface area is 319 Å². The molecule has 0 amide bonds. The first-order valence-corrected chi connectivity index (χ1v) is 18.5. The van der Waals surface area contributed by atoms with Crippen LogP contribution >= 0.6 is 0 Å². The molecule has 0 fully saturated rings. The van der Waals surface area contributed by atoms with Crippen molar-refractivity contribution >= 4 is 27.3 Å². The van der Waals surface area contributed by atoms with Gasteiger partial charge in [-0.15, -0.1) is 29.1 Å². The molecule has 1 heterocycles. The largest absolute Gasteiger partial charge is 0.512 e. The van der Waals surface area contributed by atoms with Gasteiger partial charge < -0.3 is 5.11 Å². The van der Waals surface area contributed by atoms with E-state index >= 15 is 0 Å². The molecule has 1 N–H and O–H groups in total. The van der Waals surface area contributed by atoms with Crippen molar-refractivity contribution in [3.63, 3.8) is 0 Å². The second kappa shape index (κ2) is 15.5. The third-order valence-electron chi connectivity index (χ3n) is 11.8. The van der Waals surface area contributed by atoms with Crippen LogP contribution in [0.25, 0.3) is 44.1 Å². The Kier molecular flexibility index (Phi) is 12.2. The van der Waals surface area contributed by atoms with Gasteiger partial charge in [-0.1, -0.05) is 129 Å². The van der Waals surface area contributed by atoms with Crippen molar-refractivity contribution in [2.75, 3.05) is 0 Å². The molecule has 0 unspecified atom stereocenters. The monoisotopic (exact) mass is 860 g/mol. The number of benzene rings is 4. The summed E-state index contributed by atoms with van der Waals surface area (Å²) in [6, 6.07) is 27.5. The zero-order valence-corrected chi connectivity index (χ0v) is 34.8. The van der Waals surface area contributed by atoms with E-state index in [0.29, 0.717) is 5.92 Å². The summed E-state index contributed by atoms with van der Waals surface area (Å²) in [6.45, 7) is 23.3. The number of carbonyl (C=O) groups excluding carboxylic acids is 1. The molecule has 0 bridgehead atoms. The minimum Gasteiger partial charge on any atom is -0.512 e. The first-order valence-electron chi connectivity index (χ1n) is 18.5. The van der Waals surface area contributed by atoms with Crippen LogP contribution in [0.3, 0.4) is 0 Å². The molecule has 4 aromatic carbocycles. The van der Waals surface area contributed by atoms with Crippen molar-refractivity contribution in [3.8, 4) is 22.5 Å². The quantitative estimate of drug-likeness (QED) is 0.0911. The van der Waals surface area contributed by atoms with Crippen LogP contribution < -0.4 is 0 Å². The van der Waals surface area contributed by atoms with Gasteiger partial charge in [0.25, 0.3) is 0 Å². The maximum atomic E-state index is 12.2. The smallest absolute Gasteiger partial charge is 0.164 e. The van der Waals surface area contributed by atoms with Gasteiger partial charge in [-0.05, 0) is 71.7 Å². The van der Waals surface area contributed by atoms with Gasteiger partial charge in [0.2, 0.25) is 0 Å². The molecule has 5 heteroatoms. The van der Waals surface area contributed by atoms with E-state index in [9.17, 15) is 9.90 Å². The van der Waals surface area contributed by atoms with E-state index in [1.807, 2.05) is 48.5 Å². The summed E-state index contributed by atoms with van der Waals surface area (Å²) in [5, 5.41) is 15.2. The molecular weight excluding hydrogens is 805 g/mol. The van der Waals surface area contributed by atoms with Crippen molar-refractivity contribution in [2.24, 2.45) is 10.8 Å². The van der Waals surface area contributed by atoms with Gasteiger partial charge in [-0.25, -0.2) is 4.98 Å². The molecule has 5 aromatic rings. The number of fused-ring (bicyclic) bond motifs is 6. The predicted molar refractivity (Wildman–Crippen MR) is 211 cm³/mol. The first-order chi connectivity index (χ1) is 23.6. The van der Waals surface area contributed by atoms with Gasteiger partial charge in [0.05, 0.1) is 5.69 Å². The molecule has 1 aliphatic carbocycles. The number of nitrogens with zero attached hydrogens (tertiary/aromatic N) is 2. The van der Waals surface area contributed by atoms with Crippen molar-refractivity contribution in [2.45, 2.75) is 113 Å². The van der Waals surface area contributed by atoms with E-state index < -0.39 is 0 Å². The molecular formula is C46H55IrN2O2-. The van der Waals surface area contributed by atoms with E-state index in [-0.39, 0.29) is 47.9 Å². The van der Waals surface area contributed by atoms with Crippen LogP contribution in [0.15, 0.2) is 78.6 Å². The van der Waals surface area contributed by atoms with Crippen LogP contribution in [-0.2, 0) is 30.3 Å². The van der Waals surface area contributed by atoms with Crippen LogP contribution in [-0.4, -0.2) is 20.9 Å². The van der Waals surface area contributed by atoms with Crippen LogP contribution in [0.1, 0.15) is 123 Å². The number of aliphatic hydroxyl groups is 1. The number of aliphatic hydroxyl groups excluding tert-OH is 1. The third kappa shape index (κ3) is 7.35. The van der Waals surface area contributed by atoms with E-state index in [1.54, 1.807) is 0 Å². The Morgan fingerprint density at radius 2 is 1.43 bits per heavy atom. The van der Waals surface area contributed by atoms with Crippen molar-refractivity contribution in [1.29, 1.82) is 0 Å². The average Bonchev–Trinajstić information content (AvgIpc) is 3.35. The Morgan fingerprint density at radius 3 is 2.04 bits per heavy atom. The number of aryl methyl sites for hydroxylation is 1. The fourth-order valence-corrected chi connectivity index (χ4v) is 7.38. The molecule has 271 valence electrons. The standard InChI is InChI=1S/C31H27N2.C15H28O2.Ir/c1-18(2)23-11-8-12-25-24(23)15-16-26-27(25)31(4,5)28-29(32-19(3)33-30(26)28)22-14-13-20-9-6-7-10-21(20)17-22;1-7-14(5,8-2)12(16)11-13(17)15(6,9-3)10-4;/h6-13,15-18H,1-5H3;11,16H,7-10H2,1-6H3;/q-1;;/b;12-11-;. The zero-order valence-electron chi connectivity index (χ0n) is 32.4. The molecule has 0 aliphatic heterocycles. The van der Waals surface area contributed by atoms with Gasteiger partial charge in [0, 0.05) is 48.0 Å². The molecule has 6 rings (SSSR count). The van der Waals surface area contributed by atoms with Crippen LogP contribution in [0, 0.1) is 23.8 Å².